The fraction of sp³-hybridized carbons (Fsp3) is 0.276. The van der Waals surface area contributed by atoms with Gasteiger partial charge in [0.2, 0.25) is 0 Å². The number of rotatable bonds is 7. The van der Waals surface area contributed by atoms with E-state index in [1.807, 2.05) is 65.1 Å². The Balaban J connectivity index is 1.44. The molecule has 1 saturated heterocycles. The molecule has 1 aromatic heterocycles. The second-order valence-corrected chi connectivity index (χ2v) is 10.6. The maximum absolute atomic E-state index is 13.2. The number of hydrogen-bond acceptors (Lipinski definition) is 5. The molecular weight excluding hydrogens is 589 g/mol. The molecule has 5 rings (SSSR count). The van der Waals surface area contributed by atoms with Crippen molar-refractivity contribution in [2.24, 2.45) is 0 Å². The summed E-state index contributed by atoms with van der Waals surface area (Å²) in [7, 11) is 0. The molecule has 0 unspecified atom stereocenters. The van der Waals surface area contributed by atoms with Gasteiger partial charge in [-0.05, 0) is 108 Å². The molecule has 36 heavy (non-hydrogen) atoms. The zero-order chi connectivity index (χ0) is 25.1. The summed E-state index contributed by atoms with van der Waals surface area (Å²) in [4.78, 5) is 15.6. The molecule has 1 fully saturated rings. The van der Waals surface area contributed by atoms with Gasteiger partial charge in [0.05, 0.1) is 9.13 Å². The van der Waals surface area contributed by atoms with E-state index in [9.17, 15) is 9.90 Å². The minimum atomic E-state index is -0.444. The predicted molar refractivity (Wildman–Crippen MR) is 152 cm³/mol. The summed E-state index contributed by atoms with van der Waals surface area (Å²) >= 11 is 8.10. The van der Waals surface area contributed by atoms with Crippen LogP contribution < -0.4 is 10.4 Å². The van der Waals surface area contributed by atoms with E-state index in [1.54, 1.807) is 18.2 Å². The third kappa shape index (κ3) is 5.56. The topological polar surface area (TPSA) is 62.9 Å². The predicted octanol–water partition coefficient (Wildman–Crippen LogP) is 6.88. The molecule has 4 aromatic rings. The lowest BCUT2D eigenvalue weighted by Crippen LogP contribution is -2.33. The number of aromatic hydroxyl groups is 1. The van der Waals surface area contributed by atoms with Crippen molar-refractivity contribution >= 4 is 45.2 Å². The average Bonchev–Trinajstić information content (AvgIpc) is 2.89. The lowest BCUT2D eigenvalue weighted by Gasteiger charge is -2.26. The van der Waals surface area contributed by atoms with Crippen molar-refractivity contribution in [1.82, 2.24) is 4.90 Å². The summed E-state index contributed by atoms with van der Waals surface area (Å²) in [6.07, 6.45) is 4.41. The standard InChI is InChI=1S/C29H27ClINO4/c30-21-8-6-20(7-9-21)26-24(23-12-13-25(33)27(31)28(23)36-29(26)34)18-19-4-10-22(11-5-19)35-17-16-32-14-2-1-3-15-32/h4-13,33H,1-3,14-18H2. The van der Waals surface area contributed by atoms with Gasteiger partial charge in [0.25, 0.3) is 0 Å². The Kier molecular flexibility index (Phi) is 7.84. The highest BCUT2D eigenvalue weighted by atomic mass is 127. The number of hydrogen-bond donors (Lipinski definition) is 1. The third-order valence-corrected chi connectivity index (χ3v) is 7.96. The summed E-state index contributed by atoms with van der Waals surface area (Å²) in [5, 5.41) is 11.6. The smallest absolute Gasteiger partial charge is 0.344 e. The first-order valence-corrected chi connectivity index (χ1v) is 13.6. The fourth-order valence-electron chi connectivity index (χ4n) is 4.76. The van der Waals surface area contributed by atoms with Crippen molar-refractivity contribution in [3.63, 3.8) is 0 Å². The zero-order valence-corrected chi connectivity index (χ0v) is 22.7. The molecule has 186 valence electrons. The van der Waals surface area contributed by atoms with Crippen molar-refractivity contribution in [3.8, 4) is 22.6 Å². The van der Waals surface area contributed by atoms with Crippen LogP contribution in [0.5, 0.6) is 11.5 Å². The minimum Gasteiger partial charge on any atom is -0.507 e. The lowest BCUT2D eigenvalue weighted by atomic mass is 9.93. The number of piperidine rings is 1. The highest BCUT2D eigenvalue weighted by molar-refractivity contribution is 14.1. The van der Waals surface area contributed by atoms with Crippen LogP contribution in [0.15, 0.2) is 69.9 Å². The first-order valence-electron chi connectivity index (χ1n) is 12.2. The largest absolute Gasteiger partial charge is 0.507 e. The second kappa shape index (κ2) is 11.2. The van der Waals surface area contributed by atoms with Crippen LogP contribution >= 0.6 is 34.2 Å². The quantitative estimate of drug-likeness (QED) is 0.181. The van der Waals surface area contributed by atoms with E-state index in [0.717, 1.165) is 47.5 Å². The van der Waals surface area contributed by atoms with Crippen molar-refractivity contribution in [3.05, 3.63) is 90.8 Å². The number of ether oxygens (including phenoxy) is 1. The van der Waals surface area contributed by atoms with Crippen LogP contribution in [0.4, 0.5) is 0 Å². The lowest BCUT2D eigenvalue weighted by molar-refractivity contribution is 0.183. The van der Waals surface area contributed by atoms with E-state index in [4.69, 9.17) is 20.8 Å². The van der Waals surface area contributed by atoms with Crippen LogP contribution in [0.1, 0.15) is 30.4 Å². The normalized spacial score (nSPS) is 14.3. The molecule has 2 heterocycles. The van der Waals surface area contributed by atoms with Gasteiger partial charge in [0.15, 0.2) is 5.58 Å². The number of phenolic OH excluding ortho intramolecular Hbond substituents is 1. The molecule has 0 radical (unpaired) electrons. The van der Waals surface area contributed by atoms with Crippen LogP contribution in [0.25, 0.3) is 22.1 Å². The molecule has 7 heteroatoms. The second-order valence-electron chi connectivity index (χ2n) is 9.10. The molecule has 0 spiro atoms. The number of fused-ring (bicyclic) bond motifs is 1. The molecule has 3 aromatic carbocycles. The number of phenols is 1. The first-order chi connectivity index (χ1) is 17.5. The van der Waals surface area contributed by atoms with Crippen molar-refractivity contribution in [2.75, 3.05) is 26.2 Å². The van der Waals surface area contributed by atoms with Crippen molar-refractivity contribution in [2.45, 2.75) is 25.7 Å². The molecule has 1 aliphatic rings. The highest BCUT2D eigenvalue weighted by Gasteiger charge is 2.20. The maximum Gasteiger partial charge on any atom is 0.344 e. The molecule has 5 nitrogen and oxygen atoms in total. The maximum atomic E-state index is 13.2. The third-order valence-electron chi connectivity index (χ3n) is 6.66. The number of halogens is 2. The van der Waals surface area contributed by atoms with Gasteiger partial charge < -0.3 is 14.3 Å². The Morgan fingerprint density at radius 3 is 2.42 bits per heavy atom. The highest BCUT2D eigenvalue weighted by Crippen LogP contribution is 2.35. The minimum absolute atomic E-state index is 0.0856. The summed E-state index contributed by atoms with van der Waals surface area (Å²) < 4.78 is 12.2. The summed E-state index contributed by atoms with van der Waals surface area (Å²) in [5.41, 5.74) is 3.09. The molecule has 1 N–H and O–H groups in total. The average molecular weight is 616 g/mol. The van der Waals surface area contributed by atoms with Gasteiger partial charge in [-0.15, -0.1) is 0 Å². The Hall–Kier alpha value is -2.55. The van der Waals surface area contributed by atoms with Crippen LogP contribution in [0.3, 0.4) is 0 Å². The van der Waals surface area contributed by atoms with Gasteiger partial charge in [0.1, 0.15) is 18.1 Å². The molecule has 0 saturated carbocycles. The monoisotopic (exact) mass is 615 g/mol. The Labute approximate surface area is 228 Å². The molecule has 0 atom stereocenters. The summed E-state index contributed by atoms with van der Waals surface area (Å²) in [5.74, 6) is 0.924. The van der Waals surface area contributed by atoms with Gasteiger partial charge >= 0.3 is 5.63 Å². The number of benzene rings is 3. The van der Waals surface area contributed by atoms with Crippen LogP contribution in [-0.2, 0) is 6.42 Å². The molecular formula is C29H27ClINO4. The SMILES string of the molecule is O=c1oc2c(I)c(O)ccc2c(Cc2ccc(OCCN3CCCCC3)cc2)c1-c1ccc(Cl)cc1. The number of likely N-dealkylation sites (tertiary alicyclic amines) is 1. The van der Waals surface area contributed by atoms with Gasteiger partial charge in [-0.1, -0.05) is 42.3 Å². The summed E-state index contributed by atoms with van der Waals surface area (Å²) in [6.45, 7) is 3.94. The van der Waals surface area contributed by atoms with Crippen LogP contribution in [-0.4, -0.2) is 36.2 Å². The fourth-order valence-corrected chi connectivity index (χ4v) is 5.47. The van der Waals surface area contributed by atoms with E-state index < -0.39 is 5.63 Å². The molecule has 1 aliphatic heterocycles. The van der Waals surface area contributed by atoms with E-state index in [1.165, 1.54) is 19.3 Å². The van der Waals surface area contributed by atoms with E-state index in [-0.39, 0.29) is 5.75 Å². The van der Waals surface area contributed by atoms with Gasteiger partial charge in [-0.2, -0.15) is 0 Å². The van der Waals surface area contributed by atoms with Crippen LogP contribution in [0.2, 0.25) is 5.02 Å². The summed E-state index contributed by atoms with van der Waals surface area (Å²) in [6, 6.07) is 18.7. The number of nitrogens with zero attached hydrogens (tertiary/aromatic N) is 1. The van der Waals surface area contributed by atoms with Gasteiger partial charge in [-0.3, -0.25) is 4.90 Å². The molecule has 0 amide bonds. The zero-order valence-electron chi connectivity index (χ0n) is 19.8. The molecule has 0 bridgehead atoms. The van der Waals surface area contributed by atoms with Crippen molar-refractivity contribution < 1.29 is 14.3 Å². The van der Waals surface area contributed by atoms with Crippen molar-refractivity contribution in [1.29, 1.82) is 0 Å². The molecule has 0 aliphatic carbocycles. The Morgan fingerprint density at radius 2 is 1.69 bits per heavy atom. The van der Waals surface area contributed by atoms with E-state index >= 15 is 0 Å². The first kappa shape index (κ1) is 25.1. The van der Waals surface area contributed by atoms with Crippen LogP contribution in [0, 0.1) is 3.57 Å². The van der Waals surface area contributed by atoms with E-state index in [2.05, 4.69) is 4.90 Å². The van der Waals surface area contributed by atoms with Gasteiger partial charge in [-0.25, -0.2) is 4.79 Å². The van der Waals surface area contributed by atoms with E-state index in [0.29, 0.717) is 32.8 Å². The Morgan fingerprint density at radius 1 is 0.972 bits per heavy atom. The Bertz CT molecular complexity index is 1410. The van der Waals surface area contributed by atoms with Gasteiger partial charge in [0, 0.05) is 17.0 Å².